The Morgan fingerprint density at radius 3 is 2.62 bits per heavy atom. The fourth-order valence-corrected chi connectivity index (χ4v) is 3.38. The number of anilines is 1. The summed E-state index contributed by atoms with van der Waals surface area (Å²) in [5.74, 6) is 0. The lowest BCUT2D eigenvalue weighted by Gasteiger charge is -2.19. The summed E-state index contributed by atoms with van der Waals surface area (Å²) in [6.45, 7) is 1.75. The quantitative estimate of drug-likeness (QED) is 0.603. The summed E-state index contributed by atoms with van der Waals surface area (Å²) in [7, 11) is -2.43. The summed E-state index contributed by atoms with van der Waals surface area (Å²) in [6, 6.07) is 5.69. The molecule has 0 unspecified atom stereocenters. The van der Waals surface area contributed by atoms with Gasteiger partial charge in [0.25, 0.3) is 5.69 Å². The maximum atomic E-state index is 12.5. The van der Waals surface area contributed by atoms with Crippen molar-refractivity contribution in [2.24, 2.45) is 0 Å². The van der Waals surface area contributed by atoms with E-state index < -0.39 is 20.6 Å². The van der Waals surface area contributed by atoms with E-state index in [4.69, 9.17) is 5.26 Å². The molecule has 1 aromatic rings. The van der Waals surface area contributed by atoms with E-state index in [9.17, 15) is 18.5 Å². The number of rotatable bonds is 7. The zero-order chi connectivity index (χ0) is 16.0. The highest BCUT2D eigenvalue weighted by Crippen LogP contribution is 2.29. The Labute approximate surface area is 123 Å². The second-order valence-electron chi connectivity index (χ2n) is 4.09. The van der Waals surface area contributed by atoms with Crippen molar-refractivity contribution in [2.75, 3.05) is 25.5 Å². The van der Waals surface area contributed by atoms with Crippen molar-refractivity contribution in [3.63, 3.8) is 0 Å². The predicted octanol–water partition coefficient (Wildman–Crippen LogP) is 1.56. The number of nitriles is 1. The van der Waals surface area contributed by atoms with E-state index in [1.807, 2.05) is 6.07 Å². The highest BCUT2D eigenvalue weighted by Gasteiger charge is 2.30. The monoisotopic (exact) mass is 312 g/mol. The van der Waals surface area contributed by atoms with Gasteiger partial charge in [0.1, 0.15) is 0 Å². The van der Waals surface area contributed by atoms with Gasteiger partial charge in [-0.1, -0.05) is 6.92 Å². The molecule has 0 aliphatic carbocycles. The average molecular weight is 312 g/mol. The van der Waals surface area contributed by atoms with E-state index in [1.54, 1.807) is 14.0 Å². The lowest BCUT2D eigenvalue weighted by molar-refractivity contribution is -0.387. The molecule has 0 aliphatic heterocycles. The van der Waals surface area contributed by atoms with Gasteiger partial charge < -0.3 is 5.32 Å². The number of hydrogen-bond donors (Lipinski definition) is 1. The molecule has 114 valence electrons. The number of nitrogens with zero attached hydrogens (tertiary/aromatic N) is 3. The third-order valence-electron chi connectivity index (χ3n) is 2.89. The zero-order valence-electron chi connectivity index (χ0n) is 11.7. The molecule has 1 N–H and O–H groups in total. The van der Waals surface area contributed by atoms with Crippen molar-refractivity contribution in [1.82, 2.24) is 4.31 Å². The number of nitro groups is 1. The molecule has 0 spiro atoms. The van der Waals surface area contributed by atoms with Crippen LogP contribution in [0, 0.1) is 21.4 Å². The Morgan fingerprint density at radius 1 is 1.48 bits per heavy atom. The molecule has 1 rings (SSSR count). The molecule has 8 nitrogen and oxygen atoms in total. The van der Waals surface area contributed by atoms with Gasteiger partial charge >= 0.3 is 0 Å². The number of sulfonamides is 1. The Balaban J connectivity index is 3.36. The maximum Gasteiger partial charge on any atom is 0.291 e. The fourth-order valence-electron chi connectivity index (χ4n) is 1.80. The SMILES string of the molecule is CCN(CCC#N)S(=O)(=O)c1ccc(NC)cc1[N+](=O)[O-]. The minimum Gasteiger partial charge on any atom is -0.388 e. The summed E-state index contributed by atoms with van der Waals surface area (Å²) in [4.78, 5) is 10.0. The first-order valence-electron chi connectivity index (χ1n) is 6.21. The Morgan fingerprint density at radius 2 is 2.14 bits per heavy atom. The topological polar surface area (TPSA) is 116 Å². The average Bonchev–Trinajstić information content (AvgIpc) is 2.47. The van der Waals surface area contributed by atoms with Gasteiger partial charge in [-0.2, -0.15) is 9.57 Å². The molecule has 0 amide bonds. The van der Waals surface area contributed by atoms with Crippen molar-refractivity contribution in [3.8, 4) is 6.07 Å². The standard InChI is InChI=1S/C12H16N4O4S/c1-3-15(8-4-7-13)21(19,20)12-6-5-10(14-2)9-11(12)16(17)18/h5-6,9,14H,3-4,8H2,1-2H3. The van der Waals surface area contributed by atoms with Crippen LogP contribution in [-0.4, -0.2) is 37.8 Å². The molecule has 0 saturated carbocycles. The van der Waals surface area contributed by atoms with Crippen LogP contribution in [0.25, 0.3) is 0 Å². The molecular weight excluding hydrogens is 296 g/mol. The van der Waals surface area contributed by atoms with E-state index in [0.29, 0.717) is 5.69 Å². The first-order valence-corrected chi connectivity index (χ1v) is 7.65. The summed E-state index contributed by atoms with van der Waals surface area (Å²) in [6.07, 6.45) is 0.0233. The van der Waals surface area contributed by atoms with Crippen molar-refractivity contribution >= 4 is 21.4 Å². The van der Waals surface area contributed by atoms with Crippen LogP contribution in [0.4, 0.5) is 11.4 Å². The van der Waals surface area contributed by atoms with Crippen LogP contribution in [0.3, 0.4) is 0 Å². The van der Waals surface area contributed by atoms with E-state index >= 15 is 0 Å². The smallest absolute Gasteiger partial charge is 0.291 e. The predicted molar refractivity (Wildman–Crippen MR) is 77.3 cm³/mol. The van der Waals surface area contributed by atoms with E-state index in [-0.39, 0.29) is 24.4 Å². The lowest BCUT2D eigenvalue weighted by Crippen LogP contribution is -2.32. The molecule has 1 aromatic carbocycles. The van der Waals surface area contributed by atoms with Gasteiger partial charge in [-0.15, -0.1) is 0 Å². The van der Waals surface area contributed by atoms with Gasteiger partial charge in [0.2, 0.25) is 10.0 Å². The molecule has 0 saturated heterocycles. The summed E-state index contributed by atoms with van der Waals surface area (Å²) in [5, 5.41) is 22.4. The molecule has 0 radical (unpaired) electrons. The zero-order valence-corrected chi connectivity index (χ0v) is 12.6. The van der Waals surface area contributed by atoms with Crippen LogP contribution < -0.4 is 5.32 Å². The van der Waals surface area contributed by atoms with Gasteiger partial charge in [-0.25, -0.2) is 8.42 Å². The van der Waals surface area contributed by atoms with Crippen LogP contribution in [0.5, 0.6) is 0 Å². The minimum absolute atomic E-state index is 0.000265. The van der Waals surface area contributed by atoms with Crippen LogP contribution in [0.15, 0.2) is 23.1 Å². The Hall–Kier alpha value is -2.18. The number of hydrogen-bond acceptors (Lipinski definition) is 6. The van der Waals surface area contributed by atoms with Gasteiger partial charge in [-0.3, -0.25) is 10.1 Å². The number of nitro benzene ring substituents is 1. The molecule has 0 aliphatic rings. The van der Waals surface area contributed by atoms with Crippen molar-refractivity contribution in [1.29, 1.82) is 5.26 Å². The third-order valence-corrected chi connectivity index (χ3v) is 4.91. The highest BCUT2D eigenvalue weighted by atomic mass is 32.2. The first kappa shape index (κ1) is 16.9. The Kier molecular flexibility index (Phi) is 5.63. The highest BCUT2D eigenvalue weighted by molar-refractivity contribution is 7.89. The second kappa shape index (κ2) is 7.01. The minimum atomic E-state index is -4.01. The van der Waals surface area contributed by atoms with Crippen LogP contribution in [-0.2, 0) is 10.0 Å². The van der Waals surface area contributed by atoms with E-state index in [1.165, 1.54) is 18.2 Å². The third kappa shape index (κ3) is 3.68. The largest absolute Gasteiger partial charge is 0.388 e. The van der Waals surface area contributed by atoms with Gasteiger partial charge in [0.15, 0.2) is 4.90 Å². The van der Waals surface area contributed by atoms with Crippen LogP contribution >= 0.6 is 0 Å². The van der Waals surface area contributed by atoms with Gasteiger partial charge in [0, 0.05) is 38.3 Å². The molecule has 0 atom stereocenters. The van der Waals surface area contributed by atoms with Crippen molar-refractivity contribution in [3.05, 3.63) is 28.3 Å². The molecule has 0 fully saturated rings. The molecule has 21 heavy (non-hydrogen) atoms. The molecule has 0 aromatic heterocycles. The summed E-state index contributed by atoms with van der Waals surface area (Å²) >= 11 is 0. The van der Waals surface area contributed by atoms with Crippen LogP contribution in [0.2, 0.25) is 0 Å². The number of benzene rings is 1. The molecule has 0 bridgehead atoms. The summed E-state index contributed by atoms with van der Waals surface area (Å²) < 4.78 is 26.0. The molecular formula is C12H16N4O4S. The fraction of sp³-hybridized carbons (Fsp3) is 0.417. The van der Waals surface area contributed by atoms with E-state index in [0.717, 1.165) is 4.31 Å². The Bertz CT molecular complexity index is 666. The van der Waals surface area contributed by atoms with Crippen molar-refractivity contribution in [2.45, 2.75) is 18.2 Å². The lowest BCUT2D eigenvalue weighted by atomic mass is 10.3. The van der Waals surface area contributed by atoms with Crippen LogP contribution in [0.1, 0.15) is 13.3 Å². The maximum absolute atomic E-state index is 12.5. The second-order valence-corrected chi connectivity index (χ2v) is 6.00. The molecule has 0 heterocycles. The van der Waals surface area contributed by atoms with Gasteiger partial charge in [0.05, 0.1) is 11.0 Å². The molecule has 9 heteroatoms. The number of nitrogens with one attached hydrogen (secondary N) is 1. The first-order chi connectivity index (χ1) is 9.88. The normalized spacial score (nSPS) is 11.1. The van der Waals surface area contributed by atoms with Gasteiger partial charge in [-0.05, 0) is 12.1 Å². The summed E-state index contributed by atoms with van der Waals surface area (Å²) in [5.41, 5.74) is -0.0435. The van der Waals surface area contributed by atoms with Crippen molar-refractivity contribution < 1.29 is 13.3 Å². The van der Waals surface area contributed by atoms with E-state index in [2.05, 4.69) is 5.32 Å².